The zero-order valence-corrected chi connectivity index (χ0v) is 17.0. The fraction of sp³-hybridized carbons (Fsp3) is 0.333. The Balaban J connectivity index is 1.63. The van der Waals surface area contributed by atoms with Gasteiger partial charge in [-0.25, -0.2) is 9.97 Å². The van der Waals surface area contributed by atoms with E-state index in [9.17, 15) is 9.59 Å². The maximum Gasteiger partial charge on any atom is 0.266 e. The number of benzene rings is 1. The topological polar surface area (TPSA) is 75.2 Å². The highest BCUT2D eigenvalue weighted by Crippen LogP contribution is 2.32. The van der Waals surface area contributed by atoms with Gasteiger partial charge in [-0.15, -0.1) is 11.3 Å². The van der Waals surface area contributed by atoms with E-state index in [1.807, 2.05) is 45.0 Å². The number of nitrogens with zero attached hydrogens (tertiary/aromatic N) is 3. The minimum atomic E-state index is -0.164. The molecule has 3 aromatic rings. The van der Waals surface area contributed by atoms with Gasteiger partial charge in [0.2, 0.25) is 5.91 Å². The number of aryl methyl sites for hydroxylation is 3. The number of anilines is 2. The van der Waals surface area contributed by atoms with Crippen molar-refractivity contribution < 1.29 is 9.59 Å². The number of thiophene rings is 1. The van der Waals surface area contributed by atoms with Gasteiger partial charge in [-0.2, -0.15) is 0 Å². The maximum absolute atomic E-state index is 12.9. The van der Waals surface area contributed by atoms with E-state index in [1.165, 1.54) is 11.3 Å². The Morgan fingerprint density at radius 1 is 1.29 bits per heavy atom. The molecule has 7 heteroatoms. The number of rotatable bonds is 4. The van der Waals surface area contributed by atoms with Crippen molar-refractivity contribution in [2.24, 2.45) is 0 Å². The van der Waals surface area contributed by atoms with Gasteiger partial charge in [0, 0.05) is 41.8 Å². The van der Waals surface area contributed by atoms with E-state index in [0.717, 1.165) is 52.4 Å². The van der Waals surface area contributed by atoms with Crippen LogP contribution in [0.1, 0.15) is 46.5 Å². The van der Waals surface area contributed by atoms with Gasteiger partial charge in [-0.3, -0.25) is 9.59 Å². The Kier molecular flexibility index (Phi) is 4.85. The zero-order chi connectivity index (χ0) is 19.8. The second kappa shape index (κ2) is 7.31. The Labute approximate surface area is 167 Å². The summed E-state index contributed by atoms with van der Waals surface area (Å²) in [7, 11) is 0. The molecule has 4 rings (SSSR count). The summed E-state index contributed by atoms with van der Waals surface area (Å²) < 4.78 is 0. The highest BCUT2D eigenvalue weighted by molar-refractivity contribution is 7.20. The number of nitrogens with one attached hydrogen (secondary N) is 1. The monoisotopic (exact) mass is 394 g/mol. The average Bonchev–Trinajstić information content (AvgIpc) is 3.25. The van der Waals surface area contributed by atoms with Crippen LogP contribution in [0, 0.1) is 13.8 Å². The third kappa shape index (κ3) is 3.26. The molecule has 1 fully saturated rings. The van der Waals surface area contributed by atoms with Crippen LogP contribution in [0.2, 0.25) is 0 Å². The molecule has 3 heterocycles. The fourth-order valence-corrected chi connectivity index (χ4v) is 4.78. The summed E-state index contributed by atoms with van der Waals surface area (Å²) in [4.78, 5) is 37.3. The molecule has 28 heavy (non-hydrogen) atoms. The van der Waals surface area contributed by atoms with Gasteiger partial charge < -0.3 is 10.2 Å². The van der Waals surface area contributed by atoms with E-state index < -0.39 is 0 Å². The predicted octanol–water partition coefficient (Wildman–Crippen LogP) is 4.25. The van der Waals surface area contributed by atoms with Gasteiger partial charge >= 0.3 is 0 Å². The third-order valence-corrected chi connectivity index (χ3v) is 6.21. The summed E-state index contributed by atoms with van der Waals surface area (Å²) in [6, 6.07) is 7.45. The molecule has 1 N–H and O–H groups in total. The van der Waals surface area contributed by atoms with Crippen LogP contribution >= 0.6 is 11.3 Å². The van der Waals surface area contributed by atoms with E-state index in [0.29, 0.717) is 17.0 Å². The van der Waals surface area contributed by atoms with Crippen LogP contribution in [0.15, 0.2) is 24.3 Å². The first kappa shape index (κ1) is 18.6. The van der Waals surface area contributed by atoms with Crippen molar-refractivity contribution in [2.45, 2.75) is 40.0 Å². The molecule has 2 aromatic heterocycles. The highest BCUT2D eigenvalue weighted by Gasteiger charge is 2.23. The summed E-state index contributed by atoms with van der Waals surface area (Å²) in [6.07, 6.45) is 2.21. The number of hydrogen-bond donors (Lipinski definition) is 1. The van der Waals surface area contributed by atoms with Crippen LogP contribution in [-0.4, -0.2) is 28.3 Å². The summed E-state index contributed by atoms with van der Waals surface area (Å²) in [5, 5.41) is 3.93. The minimum absolute atomic E-state index is 0.129. The van der Waals surface area contributed by atoms with Crippen LogP contribution in [0.5, 0.6) is 0 Å². The first-order chi connectivity index (χ1) is 13.5. The molecule has 0 radical (unpaired) electrons. The van der Waals surface area contributed by atoms with Crippen molar-refractivity contribution >= 4 is 44.7 Å². The predicted molar refractivity (Wildman–Crippen MR) is 112 cm³/mol. The van der Waals surface area contributed by atoms with E-state index in [1.54, 1.807) is 4.90 Å². The van der Waals surface area contributed by atoms with Gasteiger partial charge in [0.05, 0.1) is 4.88 Å². The summed E-state index contributed by atoms with van der Waals surface area (Å²) in [5.74, 6) is 0.758. The van der Waals surface area contributed by atoms with Crippen LogP contribution in [0.25, 0.3) is 10.2 Å². The molecule has 1 aliphatic rings. The number of fused-ring (bicyclic) bond motifs is 1. The molecule has 0 unspecified atom stereocenters. The number of carbonyl (C=O) groups excluding carboxylic acids is 2. The van der Waals surface area contributed by atoms with Gasteiger partial charge in [0.1, 0.15) is 10.7 Å². The second-order valence-corrected chi connectivity index (χ2v) is 7.97. The minimum Gasteiger partial charge on any atom is -0.321 e. The normalized spacial score (nSPS) is 14.1. The molecule has 0 aliphatic carbocycles. The molecule has 1 saturated heterocycles. The van der Waals surface area contributed by atoms with Crippen molar-refractivity contribution in [1.29, 1.82) is 0 Å². The molecule has 1 aliphatic heterocycles. The molecular weight excluding hydrogens is 372 g/mol. The van der Waals surface area contributed by atoms with Crippen LogP contribution < -0.4 is 10.2 Å². The van der Waals surface area contributed by atoms with Gasteiger partial charge in [-0.05, 0) is 44.0 Å². The Morgan fingerprint density at radius 3 is 2.82 bits per heavy atom. The maximum atomic E-state index is 12.9. The van der Waals surface area contributed by atoms with Crippen molar-refractivity contribution in [3.05, 3.63) is 46.2 Å². The highest BCUT2D eigenvalue weighted by atomic mass is 32.1. The van der Waals surface area contributed by atoms with Gasteiger partial charge in [0.15, 0.2) is 0 Å². The lowest BCUT2D eigenvalue weighted by atomic mass is 10.1. The standard InChI is InChI=1S/C21H22N4O2S/c1-4-16-22-13(3)18-12(2)19(28-21(18)24-16)20(27)23-14-7-5-8-15(11-14)25-10-6-9-17(25)26/h5,7-8,11H,4,6,9-10H2,1-3H3,(H,23,27). The molecule has 0 saturated carbocycles. The molecule has 6 nitrogen and oxygen atoms in total. The Morgan fingerprint density at radius 2 is 2.11 bits per heavy atom. The van der Waals surface area contributed by atoms with Gasteiger partial charge in [0.25, 0.3) is 5.91 Å². The molecule has 2 amide bonds. The molecule has 1 aromatic carbocycles. The van der Waals surface area contributed by atoms with E-state index in [2.05, 4.69) is 15.3 Å². The Bertz CT molecular complexity index is 1090. The Hall–Kier alpha value is -2.80. The lowest BCUT2D eigenvalue weighted by molar-refractivity contribution is -0.117. The molecule has 0 bridgehead atoms. The van der Waals surface area contributed by atoms with E-state index in [-0.39, 0.29) is 11.8 Å². The second-order valence-electron chi connectivity index (χ2n) is 6.97. The van der Waals surface area contributed by atoms with Crippen molar-refractivity contribution in [2.75, 3.05) is 16.8 Å². The first-order valence-corrected chi connectivity index (χ1v) is 10.3. The lowest BCUT2D eigenvalue weighted by Crippen LogP contribution is -2.23. The smallest absolute Gasteiger partial charge is 0.266 e. The number of carbonyl (C=O) groups is 2. The van der Waals surface area contributed by atoms with E-state index >= 15 is 0 Å². The number of hydrogen-bond acceptors (Lipinski definition) is 5. The van der Waals surface area contributed by atoms with Gasteiger partial charge in [-0.1, -0.05) is 13.0 Å². The van der Waals surface area contributed by atoms with E-state index in [4.69, 9.17) is 0 Å². The lowest BCUT2D eigenvalue weighted by Gasteiger charge is -2.16. The zero-order valence-electron chi connectivity index (χ0n) is 16.2. The number of aromatic nitrogens is 2. The van der Waals surface area contributed by atoms with Crippen LogP contribution in [-0.2, 0) is 11.2 Å². The summed E-state index contributed by atoms with van der Waals surface area (Å²) in [5.41, 5.74) is 3.31. The van der Waals surface area contributed by atoms with Crippen molar-refractivity contribution in [1.82, 2.24) is 9.97 Å². The van der Waals surface area contributed by atoms with Crippen molar-refractivity contribution in [3.63, 3.8) is 0 Å². The number of amides is 2. The van der Waals surface area contributed by atoms with Crippen LogP contribution in [0.3, 0.4) is 0 Å². The largest absolute Gasteiger partial charge is 0.321 e. The quantitative estimate of drug-likeness (QED) is 0.718. The molecular formula is C21H22N4O2S. The fourth-order valence-electron chi connectivity index (χ4n) is 3.63. The van der Waals surface area contributed by atoms with Crippen LogP contribution in [0.4, 0.5) is 11.4 Å². The third-order valence-electron chi connectivity index (χ3n) is 5.03. The molecule has 144 valence electrons. The SMILES string of the molecule is CCc1nc(C)c2c(C)c(C(=O)Nc3cccc(N4CCCC4=O)c3)sc2n1. The first-order valence-electron chi connectivity index (χ1n) is 9.46. The molecule has 0 spiro atoms. The summed E-state index contributed by atoms with van der Waals surface area (Å²) in [6.45, 7) is 6.65. The molecule has 0 atom stereocenters. The summed E-state index contributed by atoms with van der Waals surface area (Å²) >= 11 is 1.40. The average molecular weight is 395 g/mol. The van der Waals surface area contributed by atoms with Crippen molar-refractivity contribution in [3.8, 4) is 0 Å².